The van der Waals surface area contributed by atoms with Crippen molar-refractivity contribution in [3.05, 3.63) is 35.9 Å². The second-order valence-corrected chi connectivity index (χ2v) is 5.30. The molecule has 8 nitrogen and oxygen atoms in total. The van der Waals surface area contributed by atoms with Crippen molar-refractivity contribution in [3.8, 4) is 0 Å². The number of ether oxygens (including phenoxy) is 1. The largest absolute Gasteiger partial charge is 0.383 e. The summed E-state index contributed by atoms with van der Waals surface area (Å²) in [6.45, 7) is 2.66. The monoisotopic (exact) mass is 348 g/mol. The average Bonchev–Trinajstić information content (AvgIpc) is 2.60. The summed E-state index contributed by atoms with van der Waals surface area (Å²) >= 11 is 0. The first-order valence-corrected chi connectivity index (χ1v) is 7.93. The highest BCUT2D eigenvalue weighted by molar-refractivity contribution is 6.35. The molecule has 0 heterocycles. The minimum Gasteiger partial charge on any atom is -0.383 e. The number of hydrazone groups is 1. The van der Waals surface area contributed by atoms with Gasteiger partial charge in [0.25, 0.3) is 0 Å². The molecule has 0 aliphatic carbocycles. The maximum absolute atomic E-state index is 11.8. The molecule has 0 saturated carbocycles. The normalized spacial score (nSPS) is 10.9. The third-order valence-electron chi connectivity index (χ3n) is 3.14. The van der Waals surface area contributed by atoms with Gasteiger partial charge < -0.3 is 15.4 Å². The van der Waals surface area contributed by atoms with Crippen molar-refractivity contribution in [2.75, 3.05) is 26.8 Å². The number of benzene rings is 1. The fourth-order valence-electron chi connectivity index (χ4n) is 1.87. The van der Waals surface area contributed by atoms with E-state index in [0.29, 0.717) is 18.9 Å². The van der Waals surface area contributed by atoms with Crippen molar-refractivity contribution in [1.82, 2.24) is 16.1 Å². The van der Waals surface area contributed by atoms with Crippen LogP contribution in [0.15, 0.2) is 35.4 Å². The van der Waals surface area contributed by atoms with Crippen molar-refractivity contribution in [3.63, 3.8) is 0 Å². The van der Waals surface area contributed by atoms with E-state index in [1.54, 1.807) is 6.92 Å². The summed E-state index contributed by atoms with van der Waals surface area (Å²) < 4.78 is 4.76. The van der Waals surface area contributed by atoms with E-state index in [0.717, 1.165) is 12.0 Å². The molecule has 8 heteroatoms. The summed E-state index contributed by atoms with van der Waals surface area (Å²) in [5.74, 6) is -1.89. The Morgan fingerprint density at radius 1 is 1.04 bits per heavy atom. The van der Waals surface area contributed by atoms with Gasteiger partial charge in [-0.25, -0.2) is 5.43 Å². The Bertz CT molecular complexity index is 602. The van der Waals surface area contributed by atoms with Crippen molar-refractivity contribution in [2.45, 2.75) is 19.8 Å². The van der Waals surface area contributed by atoms with Crippen molar-refractivity contribution in [2.24, 2.45) is 5.10 Å². The highest BCUT2D eigenvalue weighted by Gasteiger charge is 2.12. The maximum Gasteiger partial charge on any atom is 0.329 e. The van der Waals surface area contributed by atoms with Crippen molar-refractivity contribution in [1.29, 1.82) is 0 Å². The summed E-state index contributed by atoms with van der Waals surface area (Å²) in [5.41, 5.74) is 3.65. The number of carbonyl (C=O) groups is 3. The Morgan fingerprint density at radius 2 is 1.76 bits per heavy atom. The molecular weight excluding hydrogens is 324 g/mol. The summed E-state index contributed by atoms with van der Waals surface area (Å²) in [6, 6.07) is 9.82. The standard InChI is InChI=1S/C17H24N4O4/c1-13(20-21-17(24)16(23)19-10-11-25-2)12-15(22)18-9-8-14-6-4-3-5-7-14/h3-7H,8-12H2,1-2H3,(H,18,22)(H,19,23)(H,21,24)/b20-13-. The van der Waals surface area contributed by atoms with E-state index in [4.69, 9.17) is 4.74 Å². The summed E-state index contributed by atoms with van der Waals surface area (Å²) in [5, 5.41) is 8.89. The molecule has 1 rings (SSSR count). The molecule has 3 N–H and O–H groups in total. The number of amides is 3. The zero-order chi connectivity index (χ0) is 18.5. The quantitative estimate of drug-likeness (QED) is 0.252. The van der Waals surface area contributed by atoms with Crippen molar-refractivity contribution < 1.29 is 19.1 Å². The van der Waals surface area contributed by atoms with Crippen LogP contribution in [0.5, 0.6) is 0 Å². The molecule has 0 atom stereocenters. The molecule has 136 valence electrons. The van der Waals surface area contributed by atoms with Crippen LogP contribution in [0.4, 0.5) is 0 Å². The number of nitrogens with one attached hydrogen (secondary N) is 3. The Morgan fingerprint density at radius 3 is 2.44 bits per heavy atom. The van der Waals surface area contributed by atoms with Gasteiger partial charge in [-0.05, 0) is 18.9 Å². The van der Waals surface area contributed by atoms with Gasteiger partial charge in [0.15, 0.2) is 0 Å². The van der Waals surface area contributed by atoms with Gasteiger partial charge in [-0.3, -0.25) is 14.4 Å². The maximum atomic E-state index is 11.8. The lowest BCUT2D eigenvalue weighted by atomic mass is 10.1. The van der Waals surface area contributed by atoms with Gasteiger partial charge in [-0.2, -0.15) is 5.10 Å². The first-order valence-electron chi connectivity index (χ1n) is 7.93. The fourth-order valence-corrected chi connectivity index (χ4v) is 1.87. The minimum atomic E-state index is -0.889. The predicted molar refractivity (Wildman–Crippen MR) is 93.9 cm³/mol. The summed E-state index contributed by atoms with van der Waals surface area (Å²) in [4.78, 5) is 34.7. The highest BCUT2D eigenvalue weighted by atomic mass is 16.5. The predicted octanol–water partition coefficient (Wildman–Crippen LogP) is -0.00990. The summed E-state index contributed by atoms with van der Waals surface area (Å²) in [7, 11) is 1.49. The van der Waals surface area contributed by atoms with Crippen molar-refractivity contribution >= 4 is 23.4 Å². The Labute approximate surface area is 147 Å². The molecule has 1 aromatic carbocycles. The van der Waals surface area contributed by atoms with Crippen LogP contribution in [0.3, 0.4) is 0 Å². The van der Waals surface area contributed by atoms with E-state index >= 15 is 0 Å². The molecule has 0 spiro atoms. The topological polar surface area (TPSA) is 109 Å². The first kappa shape index (κ1) is 20.3. The van der Waals surface area contributed by atoms with Crippen LogP contribution in [-0.4, -0.2) is 50.2 Å². The molecule has 0 fully saturated rings. The van der Waals surface area contributed by atoms with Crippen LogP contribution < -0.4 is 16.1 Å². The van der Waals surface area contributed by atoms with Gasteiger partial charge in [0.1, 0.15) is 0 Å². The van der Waals surface area contributed by atoms with Crippen LogP contribution in [0.1, 0.15) is 18.9 Å². The number of rotatable bonds is 9. The smallest absolute Gasteiger partial charge is 0.329 e. The number of methoxy groups -OCH3 is 1. The number of hydrogen-bond donors (Lipinski definition) is 3. The van der Waals surface area contributed by atoms with E-state index in [1.807, 2.05) is 30.3 Å². The van der Waals surface area contributed by atoms with Gasteiger partial charge in [0.2, 0.25) is 5.91 Å². The first-order chi connectivity index (χ1) is 12.0. The molecule has 0 aliphatic rings. The molecule has 0 unspecified atom stereocenters. The van der Waals surface area contributed by atoms with Gasteiger partial charge in [-0.15, -0.1) is 0 Å². The highest BCUT2D eigenvalue weighted by Crippen LogP contribution is 1.98. The van der Waals surface area contributed by atoms with Crippen LogP contribution >= 0.6 is 0 Å². The molecule has 0 radical (unpaired) electrons. The Kier molecular flexibility index (Phi) is 9.54. The zero-order valence-electron chi connectivity index (χ0n) is 14.5. The molecular formula is C17H24N4O4. The third kappa shape index (κ3) is 9.21. The second kappa shape index (κ2) is 11.7. The number of hydrogen-bond acceptors (Lipinski definition) is 5. The van der Waals surface area contributed by atoms with Crippen LogP contribution in [0.25, 0.3) is 0 Å². The van der Waals surface area contributed by atoms with E-state index in [2.05, 4.69) is 21.2 Å². The fraction of sp³-hybridized carbons (Fsp3) is 0.412. The molecule has 0 bridgehead atoms. The lowest BCUT2D eigenvalue weighted by molar-refractivity contribution is -0.139. The SMILES string of the molecule is COCCNC(=O)C(=O)N/N=C(/C)CC(=O)NCCc1ccccc1. The van der Waals surface area contributed by atoms with Gasteiger partial charge >= 0.3 is 11.8 Å². The molecule has 0 saturated heterocycles. The molecule has 1 aromatic rings. The minimum absolute atomic E-state index is 0.0420. The summed E-state index contributed by atoms with van der Waals surface area (Å²) in [6.07, 6.45) is 0.779. The van der Waals surface area contributed by atoms with Crippen LogP contribution in [0.2, 0.25) is 0 Å². The molecule has 25 heavy (non-hydrogen) atoms. The number of nitrogens with zero attached hydrogens (tertiary/aromatic N) is 1. The van der Waals surface area contributed by atoms with Gasteiger partial charge in [0, 0.05) is 25.9 Å². The Balaban J connectivity index is 2.25. The van der Waals surface area contributed by atoms with E-state index < -0.39 is 11.8 Å². The van der Waals surface area contributed by atoms with Gasteiger partial charge in [-0.1, -0.05) is 30.3 Å². The van der Waals surface area contributed by atoms with Crippen LogP contribution in [-0.2, 0) is 25.5 Å². The lowest BCUT2D eigenvalue weighted by Crippen LogP contribution is -2.39. The molecule has 0 aromatic heterocycles. The van der Waals surface area contributed by atoms with Gasteiger partial charge in [0.05, 0.1) is 13.0 Å². The Hall–Kier alpha value is -2.74. The zero-order valence-corrected chi connectivity index (χ0v) is 14.5. The molecule has 3 amide bonds. The third-order valence-corrected chi connectivity index (χ3v) is 3.14. The van der Waals surface area contributed by atoms with E-state index in [9.17, 15) is 14.4 Å². The lowest BCUT2D eigenvalue weighted by Gasteiger charge is -2.06. The van der Waals surface area contributed by atoms with E-state index in [-0.39, 0.29) is 18.9 Å². The number of carbonyl (C=O) groups excluding carboxylic acids is 3. The second-order valence-electron chi connectivity index (χ2n) is 5.30. The van der Waals surface area contributed by atoms with E-state index in [1.165, 1.54) is 7.11 Å². The average molecular weight is 348 g/mol. The van der Waals surface area contributed by atoms with Crippen LogP contribution in [0, 0.1) is 0 Å². The molecule has 0 aliphatic heterocycles.